The van der Waals surface area contributed by atoms with Crippen molar-refractivity contribution < 1.29 is 4.79 Å². The maximum absolute atomic E-state index is 12.7. The second kappa shape index (κ2) is 8.81. The SMILES string of the molecule is CCCN(CC1CC1)c1cc(C(=O)Nc2ccc(Cn3cncn3)cc2)ncn1. The van der Waals surface area contributed by atoms with Gasteiger partial charge < -0.3 is 10.2 Å². The lowest BCUT2D eigenvalue weighted by Crippen LogP contribution is -2.28. The number of anilines is 2. The van der Waals surface area contributed by atoms with E-state index >= 15 is 0 Å². The summed E-state index contributed by atoms with van der Waals surface area (Å²) in [5.41, 5.74) is 2.17. The first-order chi connectivity index (χ1) is 14.2. The molecule has 1 N–H and O–H groups in total. The van der Waals surface area contributed by atoms with E-state index < -0.39 is 0 Å². The number of amides is 1. The van der Waals surface area contributed by atoms with Crippen molar-refractivity contribution in [2.24, 2.45) is 5.92 Å². The molecule has 0 atom stereocenters. The van der Waals surface area contributed by atoms with Gasteiger partial charge in [-0.2, -0.15) is 5.10 Å². The Kier molecular flexibility index (Phi) is 5.79. The van der Waals surface area contributed by atoms with E-state index in [0.29, 0.717) is 12.2 Å². The minimum absolute atomic E-state index is 0.236. The van der Waals surface area contributed by atoms with Gasteiger partial charge in [-0.3, -0.25) is 4.79 Å². The second-order valence-corrected chi connectivity index (χ2v) is 7.39. The van der Waals surface area contributed by atoms with Crippen LogP contribution in [0, 0.1) is 5.92 Å². The molecule has 0 bridgehead atoms. The summed E-state index contributed by atoms with van der Waals surface area (Å²) in [5.74, 6) is 1.34. The highest BCUT2D eigenvalue weighted by Crippen LogP contribution is 2.31. The zero-order valence-electron chi connectivity index (χ0n) is 16.5. The first-order valence-corrected chi connectivity index (χ1v) is 10.0. The molecular formula is C21H25N7O. The van der Waals surface area contributed by atoms with Crippen LogP contribution in [0.1, 0.15) is 42.2 Å². The minimum atomic E-state index is -0.236. The molecule has 150 valence electrons. The Bertz CT molecular complexity index is 936. The average Bonchev–Trinajstić information content (AvgIpc) is 3.42. The zero-order chi connectivity index (χ0) is 20.1. The van der Waals surface area contributed by atoms with Gasteiger partial charge in [-0.25, -0.2) is 19.6 Å². The van der Waals surface area contributed by atoms with Crippen LogP contribution in [-0.2, 0) is 6.54 Å². The summed E-state index contributed by atoms with van der Waals surface area (Å²) >= 11 is 0. The molecule has 1 aliphatic carbocycles. The number of nitrogens with zero attached hydrogens (tertiary/aromatic N) is 6. The number of carbonyl (C=O) groups excluding carboxylic acids is 1. The minimum Gasteiger partial charge on any atom is -0.356 e. The molecule has 2 heterocycles. The molecule has 0 unspecified atom stereocenters. The van der Waals surface area contributed by atoms with Crippen LogP contribution in [-0.4, -0.2) is 43.7 Å². The Morgan fingerprint density at radius 3 is 2.72 bits per heavy atom. The van der Waals surface area contributed by atoms with Crippen LogP contribution in [0.15, 0.2) is 49.3 Å². The van der Waals surface area contributed by atoms with Gasteiger partial charge in [0.2, 0.25) is 0 Å². The van der Waals surface area contributed by atoms with Crippen molar-refractivity contribution in [2.75, 3.05) is 23.3 Å². The Balaban J connectivity index is 1.41. The molecule has 4 rings (SSSR count). The maximum atomic E-state index is 12.7. The van der Waals surface area contributed by atoms with Crippen LogP contribution < -0.4 is 10.2 Å². The van der Waals surface area contributed by atoms with Crippen LogP contribution in [0.3, 0.4) is 0 Å². The van der Waals surface area contributed by atoms with E-state index in [2.05, 4.69) is 37.2 Å². The van der Waals surface area contributed by atoms with E-state index in [4.69, 9.17) is 0 Å². The highest BCUT2D eigenvalue weighted by Gasteiger charge is 2.25. The molecule has 29 heavy (non-hydrogen) atoms. The molecule has 0 aliphatic heterocycles. The van der Waals surface area contributed by atoms with Crippen molar-refractivity contribution in [1.29, 1.82) is 0 Å². The summed E-state index contributed by atoms with van der Waals surface area (Å²) in [6.45, 7) is 4.72. The Morgan fingerprint density at radius 1 is 1.21 bits per heavy atom. The third kappa shape index (κ3) is 5.16. The Morgan fingerprint density at radius 2 is 2.03 bits per heavy atom. The molecule has 1 aromatic carbocycles. The number of rotatable bonds is 9. The molecule has 0 radical (unpaired) electrons. The Hall–Kier alpha value is -3.29. The summed E-state index contributed by atoms with van der Waals surface area (Å²) in [5, 5.41) is 7.01. The average molecular weight is 391 g/mol. The fourth-order valence-corrected chi connectivity index (χ4v) is 3.22. The van der Waals surface area contributed by atoms with Crippen LogP contribution in [0.2, 0.25) is 0 Å². The Labute approximate surface area is 170 Å². The third-order valence-corrected chi connectivity index (χ3v) is 4.90. The number of aromatic nitrogens is 5. The van der Waals surface area contributed by atoms with Crippen molar-refractivity contribution in [1.82, 2.24) is 24.7 Å². The normalized spacial score (nSPS) is 13.3. The standard InChI is InChI=1S/C21H25N7O/c1-2-9-27(11-16-3-4-16)20-10-19(23-14-24-20)21(29)26-18-7-5-17(6-8-18)12-28-15-22-13-25-28/h5-8,10,13-16H,2-4,9,11-12H2,1H3,(H,26,29). The number of nitrogens with one attached hydrogen (secondary N) is 1. The van der Waals surface area contributed by atoms with Crippen molar-refractivity contribution in [3.05, 3.63) is 60.6 Å². The van der Waals surface area contributed by atoms with Gasteiger partial charge in [0.05, 0.1) is 6.54 Å². The van der Waals surface area contributed by atoms with Gasteiger partial charge in [0, 0.05) is 24.8 Å². The van der Waals surface area contributed by atoms with Crippen molar-refractivity contribution in [3.8, 4) is 0 Å². The molecule has 1 aliphatic rings. The number of carbonyl (C=O) groups is 1. The predicted octanol–water partition coefficient (Wildman–Crippen LogP) is 3.00. The van der Waals surface area contributed by atoms with E-state index in [9.17, 15) is 4.79 Å². The molecule has 8 nitrogen and oxygen atoms in total. The summed E-state index contributed by atoms with van der Waals surface area (Å²) in [6, 6.07) is 9.46. The number of hydrogen-bond acceptors (Lipinski definition) is 6. The van der Waals surface area contributed by atoms with Gasteiger partial charge in [0.1, 0.15) is 30.5 Å². The van der Waals surface area contributed by atoms with Gasteiger partial charge in [0.15, 0.2) is 0 Å². The largest absolute Gasteiger partial charge is 0.356 e. The number of hydrogen-bond donors (Lipinski definition) is 1. The summed E-state index contributed by atoms with van der Waals surface area (Å²) in [7, 11) is 0. The quantitative estimate of drug-likeness (QED) is 0.603. The van der Waals surface area contributed by atoms with Gasteiger partial charge in [-0.05, 0) is 42.9 Å². The molecular weight excluding hydrogens is 366 g/mol. The van der Waals surface area contributed by atoms with Gasteiger partial charge >= 0.3 is 0 Å². The topological polar surface area (TPSA) is 88.8 Å². The van der Waals surface area contributed by atoms with E-state index in [1.54, 1.807) is 17.1 Å². The van der Waals surface area contributed by atoms with Crippen molar-refractivity contribution in [3.63, 3.8) is 0 Å². The van der Waals surface area contributed by atoms with Gasteiger partial charge in [0.25, 0.3) is 5.91 Å². The molecule has 0 spiro atoms. The fourth-order valence-electron chi connectivity index (χ4n) is 3.22. The molecule has 2 aromatic heterocycles. The predicted molar refractivity (Wildman–Crippen MR) is 111 cm³/mol. The summed E-state index contributed by atoms with van der Waals surface area (Å²) in [4.78, 5) is 27.4. The molecule has 0 saturated heterocycles. The third-order valence-electron chi connectivity index (χ3n) is 4.90. The van der Waals surface area contributed by atoms with Crippen LogP contribution in [0.5, 0.6) is 0 Å². The highest BCUT2D eigenvalue weighted by atomic mass is 16.1. The maximum Gasteiger partial charge on any atom is 0.274 e. The van der Waals surface area contributed by atoms with E-state index in [0.717, 1.165) is 42.5 Å². The van der Waals surface area contributed by atoms with Gasteiger partial charge in [-0.1, -0.05) is 19.1 Å². The lowest BCUT2D eigenvalue weighted by Gasteiger charge is -2.23. The van der Waals surface area contributed by atoms with E-state index in [-0.39, 0.29) is 5.91 Å². The molecule has 1 fully saturated rings. The monoisotopic (exact) mass is 391 g/mol. The molecule has 8 heteroatoms. The molecule has 1 amide bonds. The van der Waals surface area contributed by atoms with Crippen LogP contribution >= 0.6 is 0 Å². The van der Waals surface area contributed by atoms with Gasteiger partial charge in [-0.15, -0.1) is 0 Å². The van der Waals surface area contributed by atoms with Crippen LogP contribution in [0.4, 0.5) is 11.5 Å². The summed E-state index contributed by atoms with van der Waals surface area (Å²) in [6.07, 6.45) is 8.27. The zero-order valence-corrected chi connectivity index (χ0v) is 16.5. The van der Waals surface area contributed by atoms with Crippen molar-refractivity contribution in [2.45, 2.75) is 32.7 Å². The summed E-state index contributed by atoms with van der Waals surface area (Å²) < 4.78 is 1.75. The first-order valence-electron chi connectivity index (χ1n) is 10.0. The molecule has 1 saturated carbocycles. The second-order valence-electron chi connectivity index (χ2n) is 7.39. The number of benzene rings is 1. The van der Waals surface area contributed by atoms with E-state index in [1.807, 2.05) is 24.3 Å². The van der Waals surface area contributed by atoms with E-state index in [1.165, 1.54) is 25.5 Å². The first kappa shape index (κ1) is 19.0. The molecule has 3 aromatic rings. The fraction of sp³-hybridized carbons (Fsp3) is 0.381. The van der Waals surface area contributed by atoms with Crippen LogP contribution in [0.25, 0.3) is 0 Å². The van der Waals surface area contributed by atoms with Crippen molar-refractivity contribution >= 4 is 17.4 Å². The lowest BCUT2D eigenvalue weighted by atomic mass is 10.2. The lowest BCUT2D eigenvalue weighted by molar-refractivity contribution is 0.102. The smallest absolute Gasteiger partial charge is 0.274 e. The highest BCUT2D eigenvalue weighted by molar-refractivity contribution is 6.03.